The van der Waals surface area contributed by atoms with E-state index in [1.54, 1.807) is 30.5 Å². The lowest BCUT2D eigenvalue weighted by Crippen LogP contribution is -2.25. The van der Waals surface area contributed by atoms with Crippen molar-refractivity contribution in [1.29, 1.82) is 0 Å². The second-order valence-electron chi connectivity index (χ2n) is 6.52. The Bertz CT molecular complexity index is 834. The third kappa shape index (κ3) is 5.40. The van der Waals surface area contributed by atoms with Gasteiger partial charge < -0.3 is 9.64 Å². The molecule has 1 aromatic carbocycles. The molecule has 0 radical (unpaired) electrons. The summed E-state index contributed by atoms with van der Waals surface area (Å²) in [7, 11) is -3.63. The molecule has 0 saturated carbocycles. The van der Waals surface area contributed by atoms with Crippen molar-refractivity contribution in [3.8, 4) is 5.75 Å². The molecule has 2 heterocycles. The average Bonchev–Trinajstić information content (AvgIpc) is 3.22. The number of sulfonamides is 1. The van der Waals surface area contributed by atoms with E-state index < -0.39 is 10.0 Å². The summed E-state index contributed by atoms with van der Waals surface area (Å²) in [6.45, 7) is 4.74. The summed E-state index contributed by atoms with van der Waals surface area (Å²) in [6, 6.07) is 8.31. The maximum Gasteiger partial charge on any atom is 0.240 e. The van der Waals surface area contributed by atoms with Crippen LogP contribution in [0.5, 0.6) is 5.75 Å². The van der Waals surface area contributed by atoms with Gasteiger partial charge in [0.25, 0.3) is 0 Å². The lowest BCUT2D eigenvalue weighted by Gasteiger charge is -2.16. The molecule has 1 fully saturated rings. The Labute approximate surface area is 160 Å². The topological polar surface area (TPSA) is 84.4 Å². The lowest BCUT2D eigenvalue weighted by molar-refractivity contribution is 0.309. The molecule has 2 aromatic rings. The van der Waals surface area contributed by atoms with Crippen LogP contribution in [0.2, 0.25) is 0 Å². The van der Waals surface area contributed by atoms with E-state index in [1.807, 2.05) is 6.07 Å². The predicted molar refractivity (Wildman–Crippen MR) is 104 cm³/mol. The zero-order valence-corrected chi connectivity index (χ0v) is 16.4. The largest absolute Gasteiger partial charge is 0.494 e. The van der Waals surface area contributed by atoms with Crippen molar-refractivity contribution in [3.05, 3.63) is 42.4 Å². The molecule has 1 saturated heterocycles. The summed E-state index contributed by atoms with van der Waals surface area (Å²) in [5.41, 5.74) is 0. The molecule has 7 nitrogen and oxygen atoms in total. The van der Waals surface area contributed by atoms with Crippen molar-refractivity contribution in [1.82, 2.24) is 14.7 Å². The Morgan fingerprint density at radius 3 is 2.59 bits per heavy atom. The Morgan fingerprint density at radius 2 is 1.89 bits per heavy atom. The molecular formula is C19H26N4O3S. The molecule has 0 aliphatic carbocycles. The van der Waals surface area contributed by atoms with Crippen LogP contribution in [0, 0.1) is 0 Å². The van der Waals surface area contributed by atoms with Crippen molar-refractivity contribution in [3.63, 3.8) is 0 Å². The molecule has 146 valence electrons. The second-order valence-corrected chi connectivity index (χ2v) is 8.29. The highest BCUT2D eigenvalue weighted by Crippen LogP contribution is 2.18. The minimum Gasteiger partial charge on any atom is -0.494 e. The zero-order chi connectivity index (χ0) is 19.1. The second kappa shape index (κ2) is 9.14. The van der Waals surface area contributed by atoms with E-state index in [0.29, 0.717) is 18.2 Å². The van der Waals surface area contributed by atoms with Crippen molar-refractivity contribution in [2.75, 3.05) is 24.6 Å². The Balaban J connectivity index is 1.60. The van der Waals surface area contributed by atoms with Crippen molar-refractivity contribution < 1.29 is 13.2 Å². The number of nitrogens with zero attached hydrogens (tertiary/aromatic N) is 3. The number of ether oxygens (including phenoxy) is 1. The highest BCUT2D eigenvalue weighted by Gasteiger charge is 2.17. The van der Waals surface area contributed by atoms with Gasteiger partial charge in [0.15, 0.2) is 0 Å². The predicted octanol–water partition coefficient (Wildman–Crippen LogP) is 2.73. The van der Waals surface area contributed by atoms with Gasteiger partial charge in [-0.15, -0.1) is 0 Å². The highest BCUT2D eigenvalue weighted by atomic mass is 32.2. The normalized spacial score (nSPS) is 14.5. The molecular weight excluding hydrogens is 364 g/mol. The summed E-state index contributed by atoms with van der Waals surface area (Å²) in [5.74, 6) is 1.98. The molecule has 1 aliphatic heterocycles. The van der Waals surface area contributed by atoms with Crippen LogP contribution < -0.4 is 14.4 Å². The van der Waals surface area contributed by atoms with Crippen LogP contribution in [0.25, 0.3) is 0 Å². The Kier molecular flexibility index (Phi) is 6.63. The fourth-order valence-electron chi connectivity index (χ4n) is 2.89. The summed E-state index contributed by atoms with van der Waals surface area (Å²) in [4.78, 5) is 11.0. The smallest absolute Gasteiger partial charge is 0.240 e. The first-order valence-electron chi connectivity index (χ1n) is 9.38. The number of benzene rings is 1. The van der Waals surface area contributed by atoms with Crippen LogP contribution in [0.4, 0.5) is 5.82 Å². The fraction of sp³-hybridized carbons (Fsp3) is 0.474. The minimum absolute atomic E-state index is 0.0543. The van der Waals surface area contributed by atoms with Crippen LogP contribution in [0.15, 0.2) is 41.4 Å². The van der Waals surface area contributed by atoms with Crippen LogP contribution >= 0.6 is 0 Å². The van der Waals surface area contributed by atoms with E-state index in [-0.39, 0.29) is 11.4 Å². The first-order valence-corrected chi connectivity index (χ1v) is 10.9. The molecule has 8 heteroatoms. The first kappa shape index (κ1) is 19.6. The quantitative estimate of drug-likeness (QED) is 0.663. The molecule has 0 atom stereocenters. The molecule has 0 amide bonds. The van der Waals surface area contributed by atoms with Crippen LogP contribution in [0.3, 0.4) is 0 Å². The number of aromatic nitrogens is 2. The van der Waals surface area contributed by atoms with E-state index in [1.165, 1.54) is 0 Å². The van der Waals surface area contributed by atoms with Crippen LogP contribution in [-0.2, 0) is 16.6 Å². The van der Waals surface area contributed by atoms with Crippen LogP contribution in [0.1, 0.15) is 38.4 Å². The zero-order valence-electron chi connectivity index (χ0n) is 15.6. The number of hydrogen-bond acceptors (Lipinski definition) is 6. The number of unbranched alkanes of at least 4 members (excludes halogenated alkanes) is 1. The van der Waals surface area contributed by atoms with Gasteiger partial charge in [-0.1, -0.05) is 13.3 Å². The van der Waals surface area contributed by atoms with E-state index in [0.717, 1.165) is 44.6 Å². The average molecular weight is 391 g/mol. The summed E-state index contributed by atoms with van der Waals surface area (Å²) < 4.78 is 33.1. The molecule has 0 spiro atoms. The van der Waals surface area contributed by atoms with E-state index in [4.69, 9.17) is 4.74 Å². The van der Waals surface area contributed by atoms with Gasteiger partial charge in [-0.05, 0) is 49.6 Å². The summed E-state index contributed by atoms with van der Waals surface area (Å²) in [6.07, 6.45) is 6.01. The molecule has 1 N–H and O–H groups in total. The third-order valence-corrected chi connectivity index (χ3v) is 5.86. The van der Waals surface area contributed by atoms with Gasteiger partial charge in [0.2, 0.25) is 10.0 Å². The summed E-state index contributed by atoms with van der Waals surface area (Å²) >= 11 is 0. The maximum absolute atomic E-state index is 12.5. The van der Waals surface area contributed by atoms with E-state index in [2.05, 4.69) is 26.5 Å². The molecule has 1 aliphatic rings. The van der Waals surface area contributed by atoms with Crippen molar-refractivity contribution >= 4 is 15.8 Å². The highest BCUT2D eigenvalue weighted by molar-refractivity contribution is 7.89. The minimum atomic E-state index is -3.63. The standard InChI is InChI=1S/C19H26N4O3S/c1-2-3-14-26-16-6-8-17(9-7-16)27(24,25)21-15-18-20-11-10-19(22-18)23-12-4-5-13-23/h6-11,21H,2-5,12-15H2,1H3. The number of nitrogens with one attached hydrogen (secondary N) is 1. The van der Waals surface area contributed by atoms with Gasteiger partial charge >= 0.3 is 0 Å². The molecule has 0 unspecified atom stereocenters. The van der Waals surface area contributed by atoms with Gasteiger partial charge in [0.1, 0.15) is 17.4 Å². The Hall–Kier alpha value is -2.19. The number of anilines is 1. The first-order chi connectivity index (χ1) is 13.1. The molecule has 0 bridgehead atoms. The van der Waals surface area contributed by atoms with Crippen molar-refractivity contribution in [2.45, 2.75) is 44.0 Å². The Morgan fingerprint density at radius 1 is 1.15 bits per heavy atom. The maximum atomic E-state index is 12.5. The number of rotatable bonds is 9. The molecule has 1 aromatic heterocycles. The van der Waals surface area contributed by atoms with Gasteiger partial charge in [-0.3, -0.25) is 0 Å². The third-order valence-electron chi connectivity index (χ3n) is 4.44. The SMILES string of the molecule is CCCCOc1ccc(S(=O)(=O)NCc2nccc(N3CCCC3)n2)cc1. The van der Waals surface area contributed by atoms with Crippen molar-refractivity contribution in [2.24, 2.45) is 0 Å². The van der Waals surface area contributed by atoms with E-state index in [9.17, 15) is 8.42 Å². The van der Waals surface area contributed by atoms with Gasteiger partial charge in [0.05, 0.1) is 18.0 Å². The van der Waals surface area contributed by atoms with Gasteiger partial charge in [-0.25, -0.2) is 23.1 Å². The fourth-order valence-corrected chi connectivity index (χ4v) is 3.87. The molecule has 3 rings (SSSR count). The monoisotopic (exact) mass is 390 g/mol. The van der Waals surface area contributed by atoms with Crippen LogP contribution in [-0.4, -0.2) is 38.1 Å². The summed E-state index contributed by atoms with van der Waals surface area (Å²) in [5, 5.41) is 0. The van der Waals surface area contributed by atoms with E-state index >= 15 is 0 Å². The van der Waals surface area contributed by atoms with Gasteiger partial charge in [0, 0.05) is 19.3 Å². The number of hydrogen-bond donors (Lipinski definition) is 1. The molecule has 27 heavy (non-hydrogen) atoms. The van der Waals surface area contributed by atoms with Gasteiger partial charge in [-0.2, -0.15) is 0 Å². The lowest BCUT2D eigenvalue weighted by atomic mass is 10.3.